The Morgan fingerprint density at radius 1 is 1.42 bits per heavy atom. The predicted molar refractivity (Wildman–Crippen MR) is 75.1 cm³/mol. The number of morpholine rings is 1. The number of carbonyl (C=O) groups excluding carboxylic acids is 1. The number of carbonyl (C=O) groups is 1. The molecule has 0 radical (unpaired) electrons. The fourth-order valence-corrected chi connectivity index (χ4v) is 2.55. The quantitative estimate of drug-likeness (QED) is 0.896. The van der Waals surface area contributed by atoms with Crippen LogP contribution >= 0.6 is 0 Å². The molecule has 1 aromatic carbocycles. The van der Waals surface area contributed by atoms with Gasteiger partial charge in [0.2, 0.25) is 0 Å². The first-order chi connectivity index (χ1) is 9.15. The highest BCUT2D eigenvalue weighted by molar-refractivity contribution is 5.95. The standard InChI is InChI=1S/C15H22N2O2/c1-3-12-6-4-5-7-14(12)15(18)17-9-11(2)19-13(8-16)10-17/h4-7,11,13H,3,8-10,16H2,1-2H3. The van der Waals surface area contributed by atoms with Crippen LogP contribution in [0.3, 0.4) is 0 Å². The van der Waals surface area contributed by atoms with E-state index in [0.29, 0.717) is 19.6 Å². The number of benzene rings is 1. The van der Waals surface area contributed by atoms with Crippen molar-refractivity contribution in [1.29, 1.82) is 0 Å². The van der Waals surface area contributed by atoms with Crippen LogP contribution in [0.5, 0.6) is 0 Å². The fraction of sp³-hybridized carbons (Fsp3) is 0.533. The highest BCUT2D eigenvalue weighted by Crippen LogP contribution is 2.17. The maximum atomic E-state index is 12.6. The van der Waals surface area contributed by atoms with Gasteiger partial charge in [-0.1, -0.05) is 25.1 Å². The van der Waals surface area contributed by atoms with Crippen LogP contribution in [0.2, 0.25) is 0 Å². The minimum atomic E-state index is -0.0542. The van der Waals surface area contributed by atoms with Gasteiger partial charge in [0.05, 0.1) is 12.2 Å². The van der Waals surface area contributed by atoms with E-state index in [1.165, 1.54) is 0 Å². The number of ether oxygens (including phenoxy) is 1. The molecule has 104 valence electrons. The second kappa shape index (κ2) is 6.17. The van der Waals surface area contributed by atoms with Crippen LogP contribution in [0.1, 0.15) is 29.8 Å². The van der Waals surface area contributed by atoms with E-state index in [1.807, 2.05) is 36.1 Å². The Bertz CT molecular complexity index is 448. The molecule has 0 aromatic heterocycles. The van der Waals surface area contributed by atoms with E-state index >= 15 is 0 Å². The van der Waals surface area contributed by atoms with Crippen LogP contribution in [0.25, 0.3) is 0 Å². The van der Waals surface area contributed by atoms with E-state index in [-0.39, 0.29) is 18.1 Å². The van der Waals surface area contributed by atoms with Crippen molar-refractivity contribution in [3.8, 4) is 0 Å². The van der Waals surface area contributed by atoms with Gasteiger partial charge < -0.3 is 15.4 Å². The molecule has 1 aliphatic rings. The van der Waals surface area contributed by atoms with Crippen molar-refractivity contribution in [3.63, 3.8) is 0 Å². The lowest BCUT2D eigenvalue weighted by molar-refractivity contribution is -0.0626. The summed E-state index contributed by atoms with van der Waals surface area (Å²) >= 11 is 0. The Kier molecular flexibility index (Phi) is 4.56. The van der Waals surface area contributed by atoms with Crippen LogP contribution in [0.15, 0.2) is 24.3 Å². The Morgan fingerprint density at radius 3 is 2.84 bits per heavy atom. The van der Waals surface area contributed by atoms with Crippen LogP contribution in [0, 0.1) is 0 Å². The zero-order valence-electron chi connectivity index (χ0n) is 11.6. The lowest BCUT2D eigenvalue weighted by Crippen LogP contribution is -2.51. The minimum absolute atomic E-state index is 0.0417. The van der Waals surface area contributed by atoms with Crippen LogP contribution < -0.4 is 5.73 Å². The molecule has 2 rings (SSSR count). The van der Waals surface area contributed by atoms with Gasteiger partial charge in [0.25, 0.3) is 5.91 Å². The Morgan fingerprint density at radius 2 is 2.16 bits per heavy atom. The highest BCUT2D eigenvalue weighted by Gasteiger charge is 2.28. The van der Waals surface area contributed by atoms with Gasteiger partial charge in [0, 0.05) is 25.2 Å². The van der Waals surface area contributed by atoms with E-state index in [1.54, 1.807) is 0 Å². The topological polar surface area (TPSA) is 55.6 Å². The smallest absolute Gasteiger partial charge is 0.254 e. The number of hydrogen-bond donors (Lipinski definition) is 1. The molecule has 1 aliphatic heterocycles. The summed E-state index contributed by atoms with van der Waals surface area (Å²) in [6, 6.07) is 7.80. The van der Waals surface area contributed by atoms with Crippen LogP contribution in [0.4, 0.5) is 0 Å². The summed E-state index contributed by atoms with van der Waals surface area (Å²) in [5.74, 6) is 0.0889. The second-order valence-electron chi connectivity index (χ2n) is 5.03. The fourth-order valence-electron chi connectivity index (χ4n) is 2.55. The van der Waals surface area contributed by atoms with Crippen molar-refractivity contribution in [2.45, 2.75) is 32.5 Å². The first-order valence-electron chi connectivity index (χ1n) is 6.88. The van der Waals surface area contributed by atoms with Crippen molar-refractivity contribution < 1.29 is 9.53 Å². The summed E-state index contributed by atoms with van der Waals surface area (Å²) in [5, 5.41) is 0. The molecule has 0 saturated carbocycles. The maximum Gasteiger partial charge on any atom is 0.254 e. The molecule has 1 fully saturated rings. The third-order valence-corrected chi connectivity index (χ3v) is 3.51. The molecule has 0 spiro atoms. The molecule has 2 unspecified atom stereocenters. The SMILES string of the molecule is CCc1ccccc1C(=O)N1CC(C)OC(CN)C1. The molecule has 4 heteroatoms. The molecular weight excluding hydrogens is 240 g/mol. The highest BCUT2D eigenvalue weighted by atomic mass is 16.5. The monoisotopic (exact) mass is 262 g/mol. The number of rotatable bonds is 3. The number of nitrogens with two attached hydrogens (primary N) is 1. The van der Waals surface area contributed by atoms with Crippen molar-refractivity contribution >= 4 is 5.91 Å². The maximum absolute atomic E-state index is 12.6. The summed E-state index contributed by atoms with van der Waals surface area (Å²) in [5.41, 5.74) is 7.55. The van der Waals surface area contributed by atoms with Crippen molar-refractivity contribution in [3.05, 3.63) is 35.4 Å². The lowest BCUT2D eigenvalue weighted by Gasteiger charge is -2.36. The van der Waals surface area contributed by atoms with Crippen molar-refractivity contribution in [2.24, 2.45) is 5.73 Å². The Hall–Kier alpha value is -1.39. The van der Waals surface area contributed by atoms with Gasteiger partial charge in [-0.15, -0.1) is 0 Å². The normalized spacial score (nSPS) is 23.4. The van der Waals surface area contributed by atoms with Gasteiger partial charge in [-0.2, -0.15) is 0 Å². The average Bonchev–Trinajstić information content (AvgIpc) is 2.45. The third kappa shape index (κ3) is 3.14. The molecule has 2 N–H and O–H groups in total. The lowest BCUT2D eigenvalue weighted by atomic mass is 10.0. The number of aryl methyl sites for hydroxylation is 1. The second-order valence-corrected chi connectivity index (χ2v) is 5.03. The number of hydrogen-bond acceptors (Lipinski definition) is 3. The van der Waals surface area contributed by atoms with Crippen LogP contribution in [-0.2, 0) is 11.2 Å². The van der Waals surface area contributed by atoms with E-state index in [0.717, 1.165) is 17.5 Å². The van der Waals surface area contributed by atoms with Gasteiger partial charge >= 0.3 is 0 Å². The van der Waals surface area contributed by atoms with E-state index in [9.17, 15) is 4.79 Å². The molecule has 2 atom stereocenters. The van der Waals surface area contributed by atoms with Gasteiger partial charge in [-0.05, 0) is 25.0 Å². The Labute approximate surface area is 114 Å². The largest absolute Gasteiger partial charge is 0.370 e. The minimum Gasteiger partial charge on any atom is -0.370 e. The average molecular weight is 262 g/mol. The molecule has 0 aliphatic carbocycles. The molecular formula is C15H22N2O2. The first kappa shape index (κ1) is 14.0. The van der Waals surface area contributed by atoms with Crippen molar-refractivity contribution in [2.75, 3.05) is 19.6 Å². The first-order valence-corrected chi connectivity index (χ1v) is 6.88. The predicted octanol–water partition coefficient (Wildman–Crippen LogP) is 1.44. The molecule has 0 bridgehead atoms. The molecule has 1 amide bonds. The summed E-state index contributed by atoms with van der Waals surface area (Å²) in [7, 11) is 0. The van der Waals surface area contributed by atoms with Gasteiger partial charge in [-0.25, -0.2) is 0 Å². The summed E-state index contributed by atoms with van der Waals surface area (Å²) in [4.78, 5) is 14.5. The van der Waals surface area contributed by atoms with E-state index in [2.05, 4.69) is 6.92 Å². The zero-order chi connectivity index (χ0) is 13.8. The van der Waals surface area contributed by atoms with Gasteiger partial charge in [-0.3, -0.25) is 4.79 Å². The third-order valence-electron chi connectivity index (χ3n) is 3.51. The summed E-state index contributed by atoms with van der Waals surface area (Å²) in [6.07, 6.45) is 0.851. The Balaban J connectivity index is 2.18. The van der Waals surface area contributed by atoms with E-state index in [4.69, 9.17) is 10.5 Å². The number of nitrogens with zero attached hydrogens (tertiary/aromatic N) is 1. The van der Waals surface area contributed by atoms with Crippen molar-refractivity contribution in [1.82, 2.24) is 4.90 Å². The summed E-state index contributed by atoms with van der Waals surface area (Å²) in [6.45, 7) is 5.71. The number of amides is 1. The van der Waals surface area contributed by atoms with Crippen LogP contribution in [-0.4, -0.2) is 42.6 Å². The van der Waals surface area contributed by atoms with Gasteiger partial charge in [0.1, 0.15) is 0 Å². The zero-order valence-corrected chi connectivity index (χ0v) is 11.6. The molecule has 1 saturated heterocycles. The molecule has 1 aromatic rings. The molecule has 4 nitrogen and oxygen atoms in total. The molecule has 1 heterocycles. The molecule has 19 heavy (non-hydrogen) atoms. The summed E-state index contributed by atoms with van der Waals surface area (Å²) < 4.78 is 5.69. The van der Waals surface area contributed by atoms with E-state index < -0.39 is 0 Å². The van der Waals surface area contributed by atoms with Gasteiger partial charge in [0.15, 0.2) is 0 Å².